The topological polar surface area (TPSA) is 26.2 Å². The minimum absolute atomic E-state index is 0.479. The standard InChI is InChI=1S/C17H24N2O/c1-5-6-9-19-12-14(11-18-13(2)3)16-10-15(20-4)7-8-17(16)19/h5,7-8,10,12-13,18H,1,6,9,11H2,2-4H3. The summed E-state index contributed by atoms with van der Waals surface area (Å²) in [4.78, 5) is 0. The SMILES string of the molecule is C=CCCn1cc(CNC(C)C)c2cc(OC)ccc21. The number of benzene rings is 1. The fourth-order valence-corrected chi connectivity index (χ4v) is 2.35. The van der Waals surface area contributed by atoms with Crippen molar-refractivity contribution in [2.45, 2.75) is 39.4 Å². The Morgan fingerprint density at radius 3 is 2.85 bits per heavy atom. The molecule has 0 saturated heterocycles. The van der Waals surface area contributed by atoms with Crippen LogP contribution < -0.4 is 10.1 Å². The molecule has 1 aromatic heterocycles. The Morgan fingerprint density at radius 2 is 2.20 bits per heavy atom. The van der Waals surface area contributed by atoms with Gasteiger partial charge in [0.15, 0.2) is 0 Å². The second-order valence-corrected chi connectivity index (χ2v) is 5.34. The second-order valence-electron chi connectivity index (χ2n) is 5.34. The van der Waals surface area contributed by atoms with Crippen LogP contribution in [0.3, 0.4) is 0 Å². The number of aromatic nitrogens is 1. The highest BCUT2D eigenvalue weighted by atomic mass is 16.5. The Balaban J connectivity index is 2.39. The van der Waals surface area contributed by atoms with Gasteiger partial charge < -0.3 is 14.6 Å². The fourth-order valence-electron chi connectivity index (χ4n) is 2.35. The van der Waals surface area contributed by atoms with E-state index in [2.05, 4.69) is 48.6 Å². The number of nitrogens with zero attached hydrogens (tertiary/aromatic N) is 1. The summed E-state index contributed by atoms with van der Waals surface area (Å²) in [5.74, 6) is 0.907. The van der Waals surface area contributed by atoms with E-state index in [1.165, 1.54) is 16.5 Å². The normalized spacial score (nSPS) is 11.2. The summed E-state index contributed by atoms with van der Waals surface area (Å²) >= 11 is 0. The molecule has 0 aliphatic heterocycles. The van der Waals surface area contributed by atoms with E-state index in [9.17, 15) is 0 Å². The number of hydrogen-bond acceptors (Lipinski definition) is 2. The third kappa shape index (κ3) is 3.23. The highest BCUT2D eigenvalue weighted by Gasteiger charge is 2.09. The Bertz CT molecular complexity index is 584. The largest absolute Gasteiger partial charge is 0.497 e. The Labute approximate surface area is 121 Å². The van der Waals surface area contributed by atoms with Gasteiger partial charge in [0.25, 0.3) is 0 Å². The molecule has 0 spiro atoms. The van der Waals surface area contributed by atoms with Gasteiger partial charge in [-0.25, -0.2) is 0 Å². The molecule has 2 rings (SSSR count). The van der Waals surface area contributed by atoms with Crippen LogP contribution >= 0.6 is 0 Å². The molecule has 3 heteroatoms. The highest BCUT2D eigenvalue weighted by molar-refractivity contribution is 5.85. The zero-order chi connectivity index (χ0) is 14.5. The molecule has 0 aliphatic carbocycles. The second kappa shape index (κ2) is 6.62. The van der Waals surface area contributed by atoms with Crippen molar-refractivity contribution in [3.05, 3.63) is 42.6 Å². The summed E-state index contributed by atoms with van der Waals surface area (Å²) in [6, 6.07) is 6.76. The first-order chi connectivity index (χ1) is 9.65. The lowest BCUT2D eigenvalue weighted by atomic mass is 10.1. The molecular weight excluding hydrogens is 248 g/mol. The van der Waals surface area contributed by atoms with Gasteiger partial charge in [-0.2, -0.15) is 0 Å². The van der Waals surface area contributed by atoms with Gasteiger partial charge in [-0.3, -0.25) is 0 Å². The van der Waals surface area contributed by atoms with Gasteiger partial charge in [0, 0.05) is 36.2 Å². The summed E-state index contributed by atoms with van der Waals surface area (Å²) in [5.41, 5.74) is 2.57. The highest BCUT2D eigenvalue weighted by Crippen LogP contribution is 2.26. The molecule has 108 valence electrons. The first-order valence-corrected chi connectivity index (χ1v) is 7.15. The third-order valence-electron chi connectivity index (χ3n) is 3.45. The first kappa shape index (κ1) is 14.7. The predicted molar refractivity (Wildman–Crippen MR) is 85.3 cm³/mol. The lowest BCUT2D eigenvalue weighted by molar-refractivity contribution is 0.415. The van der Waals surface area contributed by atoms with Crippen LogP contribution in [-0.2, 0) is 13.1 Å². The molecule has 0 unspecified atom stereocenters. The van der Waals surface area contributed by atoms with E-state index in [1.807, 2.05) is 12.1 Å². The molecule has 1 heterocycles. The fraction of sp³-hybridized carbons (Fsp3) is 0.412. The number of hydrogen-bond donors (Lipinski definition) is 1. The van der Waals surface area contributed by atoms with E-state index >= 15 is 0 Å². The van der Waals surface area contributed by atoms with Crippen molar-refractivity contribution in [1.82, 2.24) is 9.88 Å². The molecule has 0 aliphatic rings. The van der Waals surface area contributed by atoms with Crippen LogP contribution in [0.1, 0.15) is 25.8 Å². The van der Waals surface area contributed by atoms with E-state index in [-0.39, 0.29) is 0 Å². The number of aryl methyl sites for hydroxylation is 1. The van der Waals surface area contributed by atoms with E-state index in [0.29, 0.717) is 6.04 Å². The number of nitrogens with one attached hydrogen (secondary N) is 1. The number of allylic oxidation sites excluding steroid dienone is 1. The molecule has 0 saturated carbocycles. The Kier molecular flexibility index (Phi) is 4.85. The van der Waals surface area contributed by atoms with Gasteiger partial charge >= 0.3 is 0 Å². The summed E-state index contributed by atoms with van der Waals surface area (Å²) < 4.78 is 7.65. The van der Waals surface area contributed by atoms with E-state index in [1.54, 1.807) is 7.11 Å². The van der Waals surface area contributed by atoms with Crippen LogP contribution in [0.4, 0.5) is 0 Å². The zero-order valence-electron chi connectivity index (χ0n) is 12.6. The number of ether oxygens (including phenoxy) is 1. The molecule has 0 radical (unpaired) electrons. The smallest absolute Gasteiger partial charge is 0.119 e. The quantitative estimate of drug-likeness (QED) is 0.777. The summed E-state index contributed by atoms with van der Waals surface area (Å²) in [6.45, 7) is 9.98. The van der Waals surface area contributed by atoms with Crippen LogP contribution in [-0.4, -0.2) is 17.7 Å². The number of rotatable bonds is 7. The van der Waals surface area contributed by atoms with Crippen molar-refractivity contribution in [1.29, 1.82) is 0 Å². The van der Waals surface area contributed by atoms with Gasteiger partial charge in [0.1, 0.15) is 5.75 Å². The number of methoxy groups -OCH3 is 1. The molecule has 3 nitrogen and oxygen atoms in total. The van der Waals surface area contributed by atoms with Gasteiger partial charge in [0.05, 0.1) is 7.11 Å². The van der Waals surface area contributed by atoms with Crippen molar-refractivity contribution < 1.29 is 4.74 Å². The van der Waals surface area contributed by atoms with Crippen molar-refractivity contribution >= 4 is 10.9 Å². The summed E-state index contributed by atoms with van der Waals surface area (Å²) in [7, 11) is 1.71. The van der Waals surface area contributed by atoms with Gasteiger partial charge in [-0.05, 0) is 30.2 Å². The minimum Gasteiger partial charge on any atom is -0.497 e. The average Bonchev–Trinajstić information content (AvgIpc) is 2.80. The molecule has 1 aromatic carbocycles. The molecule has 20 heavy (non-hydrogen) atoms. The Hall–Kier alpha value is -1.74. The van der Waals surface area contributed by atoms with Gasteiger partial charge in [0.2, 0.25) is 0 Å². The van der Waals surface area contributed by atoms with Gasteiger partial charge in [-0.1, -0.05) is 19.9 Å². The van der Waals surface area contributed by atoms with Crippen LogP contribution in [0.15, 0.2) is 37.1 Å². The van der Waals surface area contributed by atoms with E-state index in [0.717, 1.165) is 25.3 Å². The van der Waals surface area contributed by atoms with E-state index < -0.39 is 0 Å². The monoisotopic (exact) mass is 272 g/mol. The lowest BCUT2D eigenvalue weighted by Gasteiger charge is -2.07. The zero-order valence-corrected chi connectivity index (χ0v) is 12.6. The van der Waals surface area contributed by atoms with Crippen molar-refractivity contribution in [3.8, 4) is 5.75 Å². The molecule has 1 N–H and O–H groups in total. The Morgan fingerprint density at radius 1 is 1.40 bits per heavy atom. The molecular formula is C17H24N2O. The van der Waals surface area contributed by atoms with Crippen molar-refractivity contribution in [2.24, 2.45) is 0 Å². The van der Waals surface area contributed by atoms with E-state index in [4.69, 9.17) is 4.74 Å². The molecule has 0 fully saturated rings. The van der Waals surface area contributed by atoms with Crippen molar-refractivity contribution in [3.63, 3.8) is 0 Å². The summed E-state index contributed by atoms with van der Waals surface area (Å²) in [5, 5.41) is 4.75. The van der Waals surface area contributed by atoms with Crippen LogP contribution in [0.2, 0.25) is 0 Å². The lowest BCUT2D eigenvalue weighted by Crippen LogP contribution is -2.21. The van der Waals surface area contributed by atoms with Crippen LogP contribution in [0.25, 0.3) is 10.9 Å². The maximum atomic E-state index is 5.35. The maximum absolute atomic E-state index is 5.35. The van der Waals surface area contributed by atoms with Crippen LogP contribution in [0, 0.1) is 0 Å². The average molecular weight is 272 g/mol. The van der Waals surface area contributed by atoms with Crippen molar-refractivity contribution in [2.75, 3.05) is 7.11 Å². The first-order valence-electron chi connectivity index (χ1n) is 7.15. The molecule has 0 amide bonds. The van der Waals surface area contributed by atoms with Gasteiger partial charge in [-0.15, -0.1) is 6.58 Å². The predicted octanol–water partition coefficient (Wildman–Crippen LogP) is 3.72. The van der Waals surface area contributed by atoms with Crippen LogP contribution in [0.5, 0.6) is 5.75 Å². The summed E-state index contributed by atoms with van der Waals surface area (Å²) in [6.07, 6.45) is 5.18. The molecule has 0 bridgehead atoms. The molecule has 2 aromatic rings. The number of fused-ring (bicyclic) bond motifs is 1. The maximum Gasteiger partial charge on any atom is 0.119 e. The molecule has 0 atom stereocenters. The minimum atomic E-state index is 0.479. The third-order valence-corrected chi connectivity index (χ3v) is 3.45.